The first-order valence-corrected chi connectivity index (χ1v) is 12.6. The maximum absolute atomic E-state index is 12.8. The number of hydrogen-bond donors (Lipinski definition) is 3. The van der Waals surface area contributed by atoms with Crippen molar-refractivity contribution in [3.63, 3.8) is 0 Å². The van der Waals surface area contributed by atoms with Crippen LogP contribution in [0.15, 0.2) is 48.5 Å². The quantitative estimate of drug-likeness (QED) is 0.571. The second-order valence-corrected chi connectivity index (χ2v) is 10.1. The summed E-state index contributed by atoms with van der Waals surface area (Å²) in [4.78, 5) is 36.6. The second kappa shape index (κ2) is 10.1. The number of ether oxygens (including phenoxy) is 1. The van der Waals surface area contributed by atoms with E-state index in [1.54, 1.807) is 0 Å². The summed E-state index contributed by atoms with van der Waals surface area (Å²) in [5.74, 6) is -1.34. The molecule has 7 nitrogen and oxygen atoms in total. The van der Waals surface area contributed by atoms with Crippen LogP contribution in [0.25, 0.3) is 11.1 Å². The molecule has 0 saturated heterocycles. The van der Waals surface area contributed by atoms with Crippen molar-refractivity contribution in [2.45, 2.75) is 62.9 Å². The van der Waals surface area contributed by atoms with E-state index in [2.05, 4.69) is 34.9 Å². The van der Waals surface area contributed by atoms with Crippen molar-refractivity contribution in [3.05, 3.63) is 59.7 Å². The highest BCUT2D eigenvalue weighted by Crippen LogP contribution is 2.44. The molecule has 0 aliphatic heterocycles. The van der Waals surface area contributed by atoms with Gasteiger partial charge in [-0.1, -0.05) is 55.0 Å². The minimum Gasteiger partial charge on any atom is -0.481 e. The van der Waals surface area contributed by atoms with Crippen molar-refractivity contribution >= 4 is 18.0 Å². The van der Waals surface area contributed by atoms with Gasteiger partial charge in [0, 0.05) is 23.9 Å². The van der Waals surface area contributed by atoms with E-state index in [1.807, 2.05) is 24.3 Å². The average Bonchev–Trinajstić information content (AvgIpc) is 3.46. The molecule has 5 rings (SSSR count). The number of alkyl carbamates (subject to hydrolysis) is 1. The highest BCUT2D eigenvalue weighted by Gasteiger charge is 2.34. The van der Waals surface area contributed by atoms with Crippen LogP contribution in [0.2, 0.25) is 0 Å². The lowest BCUT2D eigenvalue weighted by Gasteiger charge is -2.29. The molecule has 0 spiro atoms. The van der Waals surface area contributed by atoms with Crippen molar-refractivity contribution < 1.29 is 24.2 Å². The van der Waals surface area contributed by atoms with Gasteiger partial charge in [-0.15, -0.1) is 0 Å². The largest absolute Gasteiger partial charge is 0.481 e. The predicted octanol–water partition coefficient (Wildman–Crippen LogP) is 4.45. The van der Waals surface area contributed by atoms with Crippen molar-refractivity contribution in [2.24, 2.45) is 11.8 Å². The van der Waals surface area contributed by atoms with Gasteiger partial charge in [-0.3, -0.25) is 9.59 Å². The standard InChI is InChI=1S/C28H32N2O5/c31-26(29-20-13-12-18(15-20)27(32)33)17-6-5-7-19(14-17)30-28(34)35-16-25-23-10-3-1-8-21(23)22-9-2-4-11-24(22)25/h1-4,8-11,17-20,25H,5-7,12-16H2,(H,29,31)(H,30,34)(H,32,33)/t17-,18?,19+,20?/m1/s1. The summed E-state index contributed by atoms with van der Waals surface area (Å²) in [5.41, 5.74) is 4.73. The fraction of sp³-hybridized carbons (Fsp3) is 0.464. The summed E-state index contributed by atoms with van der Waals surface area (Å²) in [5, 5.41) is 15.2. The van der Waals surface area contributed by atoms with Gasteiger partial charge in [0.05, 0.1) is 5.92 Å². The highest BCUT2D eigenvalue weighted by atomic mass is 16.5. The van der Waals surface area contributed by atoms with E-state index >= 15 is 0 Å². The van der Waals surface area contributed by atoms with Crippen molar-refractivity contribution in [2.75, 3.05) is 6.61 Å². The molecule has 0 aromatic heterocycles. The summed E-state index contributed by atoms with van der Waals surface area (Å²) in [6.45, 7) is 0.267. The number of amides is 2. The number of carbonyl (C=O) groups excluding carboxylic acids is 2. The Labute approximate surface area is 205 Å². The minimum absolute atomic E-state index is 0.0130. The Bertz CT molecular complexity index is 1070. The van der Waals surface area contributed by atoms with Crippen LogP contribution in [0.4, 0.5) is 4.79 Å². The number of carbonyl (C=O) groups is 3. The fourth-order valence-electron chi connectivity index (χ4n) is 6.02. The zero-order chi connectivity index (χ0) is 24.4. The van der Waals surface area contributed by atoms with Crippen LogP contribution in [0.1, 0.15) is 62.0 Å². The van der Waals surface area contributed by atoms with Crippen LogP contribution in [0.5, 0.6) is 0 Å². The van der Waals surface area contributed by atoms with Gasteiger partial charge >= 0.3 is 12.1 Å². The maximum Gasteiger partial charge on any atom is 0.407 e. The molecule has 2 unspecified atom stereocenters. The molecule has 2 amide bonds. The average molecular weight is 477 g/mol. The maximum atomic E-state index is 12.8. The number of aliphatic carboxylic acids is 1. The number of nitrogens with one attached hydrogen (secondary N) is 2. The number of carboxylic acids is 1. The van der Waals surface area contributed by atoms with E-state index in [0.29, 0.717) is 25.7 Å². The van der Waals surface area contributed by atoms with Crippen molar-refractivity contribution in [3.8, 4) is 11.1 Å². The van der Waals surface area contributed by atoms with E-state index in [9.17, 15) is 19.5 Å². The lowest BCUT2D eigenvalue weighted by Crippen LogP contribution is -2.44. The molecule has 3 N–H and O–H groups in total. The lowest BCUT2D eigenvalue weighted by molar-refractivity contribution is -0.141. The van der Waals surface area contributed by atoms with Gasteiger partial charge in [-0.05, 0) is 60.8 Å². The third-order valence-electron chi connectivity index (χ3n) is 7.84. The molecular formula is C28H32N2O5. The van der Waals surface area contributed by atoms with Crippen LogP contribution in [0.3, 0.4) is 0 Å². The summed E-state index contributed by atoms with van der Waals surface area (Å²) < 4.78 is 5.67. The monoisotopic (exact) mass is 476 g/mol. The minimum atomic E-state index is -0.785. The lowest BCUT2D eigenvalue weighted by atomic mass is 9.85. The first-order chi connectivity index (χ1) is 17.0. The molecule has 2 fully saturated rings. The van der Waals surface area contributed by atoms with Crippen LogP contribution >= 0.6 is 0 Å². The number of hydrogen-bond acceptors (Lipinski definition) is 4. The number of rotatable bonds is 6. The molecule has 2 aromatic carbocycles. The Balaban J connectivity index is 1.13. The molecule has 7 heteroatoms. The van der Waals surface area contributed by atoms with Crippen molar-refractivity contribution in [1.82, 2.24) is 10.6 Å². The molecule has 0 radical (unpaired) electrons. The summed E-state index contributed by atoms with van der Waals surface area (Å²) in [6.07, 6.45) is 4.39. The molecule has 3 aliphatic carbocycles. The molecule has 184 valence electrons. The zero-order valence-corrected chi connectivity index (χ0v) is 19.7. The Morgan fingerprint density at radius 3 is 2.09 bits per heavy atom. The van der Waals surface area contributed by atoms with E-state index in [-0.39, 0.29) is 42.4 Å². The highest BCUT2D eigenvalue weighted by molar-refractivity contribution is 5.80. The molecule has 0 bridgehead atoms. The molecule has 2 saturated carbocycles. The first-order valence-electron chi connectivity index (χ1n) is 12.6. The van der Waals surface area contributed by atoms with Crippen LogP contribution in [-0.2, 0) is 14.3 Å². The van der Waals surface area contributed by atoms with Gasteiger partial charge in [0.1, 0.15) is 6.61 Å². The van der Waals surface area contributed by atoms with E-state index in [4.69, 9.17) is 4.74 Å². The Kier molecular flexibility index (Phi) is 6.75. The van der Waals surface area contributed by atoms with Gasteiger partial charge < -0.3 is 20.5 Å². The third-order valence-corrected chi connectivity index (χ3v) is 7.84. The van der Waals surface area contributed by atoms with E-state index in [1.165, 1.54) is 22.3 Å². The molecule has 35 heavy (non-hydrogen) atoms. The Hall–Kier alpha value is -3.35. The second-order valence-electron chi connectivity index (χ2n) is 10.1. The van der Waals surface area contributed by atoms with Crippen molar-refractivity contribution in [1.29, 1.82) is 0 Å². The fourth-order valence-corrected chi connectivity index (χ4v) is 6.02. The molecule has 4 atom stereocenters. The number of fused-ring (bicyclic) bond motifs is 3. The Morgan fingerprint density at radius 1 is 0.800 bits per heavy atom. The Morgan fingerprint density at radius 2 is 1.43 bits per heavy atom. The van der Waals surface area contributed by atoms with Gasteiger partial charge in [0.25, 0.3) is 0 Å². The SMILES string of the molecule is O=C(N[C@H]1CCC[C@@H](C(=O)NC2CCC(C(=O)O)C2)C1)OCC1c2ccccc2-c2ccccc21. The molecular weight excluding hydrogens is 444 g/mol. The molecule has 3 aliphatic rings. The third kappa shape index (κ3) is 5.04. The number of benzene rings is 2. The van der Waals surface area contributed by atoms with Crippen LogP contribution < -0.4 is 10.6 Å². The molecule has 0 heterocycles. The topological polar surface area (TPSA) is 105 Å². The summed E-state index contributed by atoms with van der Waals surface area (Å²) in [6, 6.07) is 16.3. The first kappa shape index (κ1) is 23.4. The normalized spacial score (nSPS) is 25.4. The summed E-state index contributed by atoms with van der Waals surface area (Å²) in [7, 11) is 0. The predicted molar refractivity (Wildman–Crippen MR) is 131 cm³/mol. The van der Waals surface area contributed by atoms with Crippen LogP contribution in [-0.4, -0.2) is 41.8 Å². The van der Waals surface area contributed by atoms with Gasteiger partial charge in [0.2, 0.25) is 5.91 Å². The molecule has 2 aromatic rings. The smallest absolute Gasteiger partial charge is 0.407 e. The van der Waals surface area contributed by atoms with E-state index in [0.717, 1.165) is 19.3 Å². The van der Waals surface area contributed by atoms with Gasteiger partial charge in [0.15, 0.2) is 0 Å². The van der Waals surface area contributed by atoms with Crippen LogP contribution in [0, 0.1) is 11.8 Å². The van der Waals surface area contributed by atoms with Gasteiger partial charge in [-0.25, -0.2) is 4.79 Å². The van der Waals surface area contributed by atoms with Gasteiger partial charge in [-0.2, -0.15) is 0 Å². The number of carboxylic acid groups (broad SMARTS) is 1. The van der Waals surface area contributed by atoms with E-state index < -0.39 is 12.1 Å². The summed E-state index contributed by atoms with van der Waals surface area (Å²) >= 11 is 0. The zero-order valence-electron chi connectivity index (χ0n) is 19.7.